The molecule has 1 rings (SSSR count). The molecule has 0 aliphatic rings. The first-order valence-electron chi connectivity index (χ1n) is 25.3. The Morgan fingerprint density at radius 2 is 0.831 bits per heavy atom. The van der Waals surface area contributed by atoms with Crippen molar-refractivity contribution in [2.75, 3.05) is 19.8 Å². The van der Waals surface area contributed by atoms with Gasteiger partial charge in [0.1, 0.15) is 48.3 Å². The number of primary amides is 1. The van der Waals surface area contributed by atoms with Gasteiger partial charge in [0.05, 0.1) is 19.3 Å². The number of aliphatic carboxylic acids is 2. The number of carboxylic acid groups (broad SMARTS) is 2. The van der Waals surface area contributed by atoms with E-state index in [1.807, 2.05) is 0 Å². The first-order valence-corrected chi connectivity index (χ1v) is 25.3. The van der Waals surface area contributed by atoms with Crippen LogP contribution < -0.4 is 65.5 Å². The fraction of sp³-hybridized carbons (Fsp3) is 0.633. The summed E-state index contributed by atoms with van der Waals surface area (Å²) in [5.41, 5.74) is 23.3. The van der Waals surface area contributed by atoms with E-state index in [2.05, 4.69) is 47.5 Å². The van der Waals surface area contributed by atoms with Crippen molar-refractivity contribution in [2.24, 2.45) is 45.7 Å². The molecule has 0 bridgehead atoms. The van der Waals surface area contributed by atoms with E-state index in [4.69, 9.17) is 22.9 Å². The molecule has 9 amide bonds. The third-order valence-electron chi connectivity index (χ3n) is 11.4. The van der Waals surface area contributed by atoms with Crippen molar-refractivity contribution in [2.45, 2.75) is 160 Å². The molecule has 0 saturated carbocycles. The maximum atomic E-state index is 14.1. The van der Waals surface area contributed by atoms with Gasteiger partial charge in [-0.1, -0.05) is 71.9 Å². The number of rotatable bonds is 37. The first kappa shape index (κ1) is 67.6. The van der Waals surface area contributed by atoms with Crippen LogP contribution in [0.3, 0.4) is 0 Å². The fourth-order valence-corrected chi connectivity index (χ4v) is 7.50. The number of benzene rings is 1. The second-order valence-electron chi connectivity index (χ2n) is 19.8. The zero-order chi connectivity index (χ0) is 58.5. The maximum absolute atomic E-state index is 14.1. The highest BCUT2D eigenvalue weighted by molar-refractivity contribution is 5.98. The van der Waals surface area contributed by atoms with Crippen molar-refractivity contribution in [3.05, 3.63) is 35.9 Å². The Bertz CT molecular complexity index is 2180. The lowest BCUT2D eigenvalue weighted by atomic mass is 10.0. The van der Waals surface area contributed by atoms with E-state index in [0.29, 0.717) is 0 Å². The number of nitrogens with two attached hydrogens (primary N) is 4. The Morgan fingerprint density at radius 3 is 1.22 bits per heavy atom. The van der Waals surface area contributed by atoms with E-state index < -0.39 is 158 Å². The van der Waals surface area contributed by atoms with Gasteiger partial charge in [0.2, 0.25) is 53.2 Å². The third kappa shape index (κ3) is 27.2. The highest BCUT2D eigenvalue weighted by Crippen LogP contribution is 2.12. The molecule has 0 spiro atoms. The van der Waals surface area contributed by atoms with Crippen LogP contribution in [0.5, 0.6) is 0 Å². The predicted octanol–water partition coefficient (Wildman–Crippen LogP) is -4.17. The highest BCUT2D eigenvalue weighted by Gasteiger charge is 2.36. The van der Waals surface area contributed by atoms with Gasteiger partial charge in [-0.2, -0.15) is 0 Å². The molecule has 432 valence electrons. The minimum absolute atomic E-state index is 0.000869. The Hall–Kier alpha value is -7.46. The normalized spacial score (nSPS) is 14.6. The van der Waals surface area contributed by atoms with Gasteiger partial charge >= 0.3 is 11.9 Å². The summed E-state index contributed by atoms with van der Waals surface area (Å²) in [6, 6.07) is -4.61. The molecular formula is C49H81N13O15. The van der Waals surface area contributed by atoms with E-state index in [9.17, 15) is 73.2 Å². The molecule has 0 aromatic heterocycles. The number of aliphatic hydroxyl groups is 2. The molecule has 9 atom stereocenters. The topological polar surface area (TPSA) is 481 Å². The first-order chi connectivity index (χ1) is 36.1. The molecule has 77 heavy (non-hydrogen) atoms. The summed E-state index contributed by atoms with van der Waals surface area (Å²) in [5, 5.41) is 58.5. The monoisotopic (exact) mass is 1090 g/mol. The average molecular weight is 1090 g/mol. The summed E-state index contributed by atoms with van der Waals surface area (Å²) in [6.45, 7) is 8.25. The molecule has 0 fully saturated rings. The summed E-state index contributed by atoms with van der Waals surface area (Å²) in [5.74, 6) is -12.6. The van der Waals surface area contributed by atoms with Crippen LogP contribution in [0.2, 0.25) is 0 Å². The molecule has 1 aromatic carbocycles. The van der Waals surface area contributed by atoms with Crippen LogP contribution in [0.25, 0.3) is 0 Å². The van der Waals surface area contributed by atoms with Crippen LogP contribution in [0.15, 0.2) is 35.3 Å². The van der Waals surface area contributed by atoms with Crippen LogP contribution in [0.4, 0.5) is 0 Å². The van der Waals surface area contributed by atoms with Gasteiger partial charge in [0.25, 0.3) is 0 Å². The van der Waals surface area contributed by atoms with Crippen LogP contribution in [0.1, 0.15) is 105 Å². The molecule has 28 heteroatoms. The van der Waals surface area contributed by atoms with E-state index in [1.54, 1.807) is 71.9 Å². The number of carbonyl (C=O) groups excluding carboxylic acids is 9. The standard InChI is InChI=1S/C49H81N13O15/c1-25(2)19-33(58-40(68)29(50)22-28-11-8-7-9-12-28)45(73)62-36(23-63)46(74)55-30(13-10-18-54-49(52)53)41(69)56-31(14-16-38(51)65)42(70)59-34(20-26(3)4)44(72)57-32(15-17-39(66)67)43(71)61-37(24-64)47(75)60-35(48(76)77)21-27(5)6/h7-9,11-12,25-27,29-37,63-64H,10,13-24,50H2,1-6H3,(H2,51,65)(H,55,74)(H,56,69)(H,57,72)(H,58,68)(H,59,70)(H,60,75)(H,61,71)(H,62,73)(H,66,67)(H,76,77)(H4,52,53,54)/t29-,30-,31-,32-,33-,34-,35-,36-,37-/m0/s1. The summed E-state index contributed by atoms with van der Waals surface area (Å²) >= 11 is 0. The maximum Gasteiger partial charge on any atom is 0.326 e. The Kier molecular flexibility index (Phi) is 30.7. The van der Waals surface area contributed by atoms with Gasteiger partial charge in [-0.15, -0.1) is 0 Å². The van der Waals surface area contributed by atoms with Crippen molar-refractivity contribution in [1.82, 2.24) is 42.5 Å². The molecule has 0 radical (unpaired) electrons. The number of guanidine groups is 1. The summed E-state index contributed by atoms with van der Waals surface area (Å²) < 4.78 is 0. The third-order valence-corrected chi connectivity index (χ3v) is 11.4. The number of hydrogen-bond acceptors (Lipinski definition) is 15. The lowest BCUT2D eigenvalue weighted by Gasteiger charge is -2.28. The molecule has 0 heterocycles. The summed E-state index contributed by atoms with van der Waals surface area (Å²) in [4.78, 5) is 149. The van der Waals surface area contributed by atoms with Crippen molar-refractivity contribution in [3.8, 4) is 0 Å². The predicted molar refractivity (Wildman–Crippen MR) is 279 cm³/mol. The lowest BCUT2D eigenvalue weighted by Crippen LogP contribution is -2.61. The Morgan fingerprint density at radius 1 is 0.481 bits per heavy atom. The van der Waals surface area contributed by atoms with Gasteiger partial charge in [-0.25, -0.2) is 4.79 Å². The SMILES string of the molecule is CC(C)C[C@H](NC(=O)[C@H](CO)NC(=O)[C@H](CCC(=O)O)NC(=O)[C@H](CC(C)C)NC(=O)[C@H](CCC(N)=O)NC(=O)[C@H](CCCN=C(N)N)NC(=O)[C@H](CO)NC(=O)[C@H](CC(C)C)NC(=O)[C@@H](N)Cc1ccccc1)C(=O)O. The smallest absolute Gasteiger partial charge is 0.326 e. The zero-order valence-electron chi connectivity index (χ0n) is 44.5. The lowest BCUT2D eigenvalue weighted by molar-refractivity contribution is -0.143. The van der Waals surface area contributed by atoms with Crippen molar-refractivity contribution in [1.29, 1.82) is 0 Å². The largest absolute Gasteiger partial charge is 0.481 e. The van der Waals surface area contributed by atoms with Crippen molar-refractivity contribution in [3.63, 3.8) is 0 Å². The molecule has 20 N–H and O–H groups in total. The van der Waals surface area contributed by atoms with Gasteiger partial charge in [-0.05, 0) is 74.7 Å². The number of aliphatic hydroxyl groups excluding tert-OH is 2. The zero-order valence-corrected chi connectivity index (χ0v) is 44.5. The van der Waals surface area contributed by atoms with Crippen LogP contribution >= 0.6 is 0 Å². The number of nitrogens with one attached hydrogen (secondary N) is 8. The van der Waals surface area contributed by atoms with E-state index in [-0.39, 0.29) is 68.8 Å². The van der Waals surface area contributed by atoms with Gasteiger partial charge in [0.15, 0.2) is 5.96 Å². The molecule has 0 unspecified atom stereocenters. The molecule has 0 aliphatic heterocycles. The van der Waals surface area contributed by atoms with E-state index >= 15 is 0 Å². The number of nitrogens with zero attached hydrogens (tertiary/aromatic N) is 1. The highest BCUT2D eigenvalue weighted by atomic mass is 16.4. The summed E-state index contributed by atoms with van der Waals surface area (Å²) in [7, 11) is 0. The quantitative estimate of drug-likeness (QED) is 0.0171. The molecule has 0 saturated heterocycles. The van der Waals surface area contributed by atoms with Crippen LogP contribution in [-0.2, 0) is 59.2 Å². The second-order valence-corrected chi connectivity index (χ2v) is 19.8. The average Bonchev–Trinajstić information content (AvgIpc) is 3.34. The van der Waals surface area contributed by atoms with Crippen molar-refractivity contribution >= 4 is 71.1 Å². The molecule has 28 nitrogen and oxygen atoms in total. The number of carbonyl (C=O) groups is 11. The molecule has 1 aromatic rings. The molecule has 0 aliphatic carbocycles. The van der Waals surface area contributed by atoms with Crippen molar-refractivity contribution < 1.29 is 73.2 Å². The number of aliphatic imine (C=N–C) groups is 1. The minimum atomic E-state index is -1.74. The van der Waals surface area contributed by atoms with E-state index in [1.165, 1.54) is 0 Å². The fourth-order valence-electron chi connectivity index (χ4n) is 7.50. The minimum Gasteiger partial charge on any atom is -0.481 e. The van der Waals surface area contributed by atoms with Crippen LogP contribution in [-0.4, -0.2) is 166 Å². The van der Waals surface area contributed by atoms with Gasteiger partial charge in [-0.3, -0.25) is 52.9 Å². The number of carboxylic acids is 2. The number of amides is 9. The van der Waals surface area contributed by atoms with Gasteiger partial charge in [0, 0.05) is 19.4 Å². The van der Waals surface area contributed by atoms with Crippen LogP contribution in [0, 0.1) is 17.8 Å². The number of hydrogen-bond donors (Lipinski definition) is 16. The Labute approximate surface area is 447 Å². The van der Waals surface area contributed by atoms with Gasteiger partial charge < -0.3 is 85.9 Å². The second kappa shape index (κ2) is 35.0. The summed E-state index contributed by atoms with van der Waals surface area (Å²) in [6.07, 6.45) is -2.26. The van der Waals surface area contributed by atoms with E-state index in [0.717, 1.165) is 5.56 Å². The Balaban J connectivity index is 3.48. The molecular weight excluding hydrogens is 1010 g/mol.